The maximum Gasteiger partial charge on any atom is 0.182 e. The Bertz CT molecular complexity index is 864. The highest BCUT2D eigenvalue weighted by Crippen LogP contribution is 2.54. The Morgan fingerprint density at radius 2 is 1.71 bits per heavy atom. The summed E-state index contributed by atoms with van der Waals surface area (Å²) in [4.78, 5) is 0.451. The number of benzene rings is 2. The van der Waals surface area contributed by atoms with Crippen LogP contribution in [0.15, 0.2) is 53.4 Å². The van der Waals surface area contributed by atoms with Gasteiger partial charge >= 0.3 is 0 Å². The highest BCUT2D eigenvalue weighted by molar-refractivity contribution is 7.92. The Kier molecular flexibility index (Phi) is 4.55. The summed E-state index contributed by atoms with van der Waals surface area (Å²) in [5, 5.41) is -0.160. The lowest BCUT2D eigenvalue weighted by atomic mass is 10.1. The van der Waals surface area contributed by atoms with Crippen LogP contribution in [0.25, 0.3) is 0 Å². The highest BCUT2D eigenvalue weighted by atomic mass is 35.5. The van der Waals surface area contributed by atoms with Crippen molar-refractivity contribution in [1.82, 2.24) is 0 Å². The number of nitrogens with two attached hydrogens (primary N) is 1. The number of hydrogen-bond donors (Lipinski definition) is 1. The highest BCUT2D eigenvalue weighted by Gasteiger charge is 2.60. The van der Waals surface area contributed by atoms with Crippen LogP contribution in [0.5, 0.6) is 5.75 Å². The van der Waals surface area contributed by atoms with E-state index in [1.807, 2.05) is 12.1 Å². The summed E-state index contributed by atoms with van der Waals surface area (Å²) in [6.07, 6.45) is 0. The molecule has 0 unspecified atom stereocenters. The van der Waals surface area contributed by atoms with Gasteiger partial charge in [-0.15, -0.1) is 0 Å². The first-order chi connectivity index (χ1) is 11.4. The van der Waals surface area contributed by atoms with Crippen LogP contribution < -0.4 is 10.5 Å². The molecule has 1 fully saturated rings. The van der Waals surface area contributed by atoms with Crippen molar-refractivity contribution < 1.29 is 13.2 Å². The summed E-state index contributed by atoms with van der Waals surface area (Å²) in [6, 6.07) is 13.5. The first-order valence-corrected chi connectivity index (χ1v) is 9.62. The van der Waals surface area contributed by atoms with Gasteiger partial charge in [-0.2, -0.15) is 0 Å². The molecule has 24 heavy (non-hydrogen) atoms. The number of hydrogen-bond acceptors (Lipinski definition) is 4. The van der Waals surface area contributed by atoms with Crippen molar-refractivity contribution in [2.24, 2.45) is 11.7 Å². The Morgan fingerprint density at radius 3 is 2.21 bits per heavy atom. The van der Waals surface area contributed by atoms with Crippen molar-refractivity contribution in [1.29, 1.82) is 0 Å². The molecule has 0 radical (unpaired) electrons. The van der Waals surface area contributed by atoms with E-state index >= 15 is 0 Å². The van der Waals surface area contributed by atoms with Gasteiger partial charge in [0, 0.05) is 16.9 Å². The van der Waals surface area contributed by atoms with Crippen molar-refractivity contribution in [2.75, 3.05) is 7.11 Å². The van der Waals surface area contributed by atoms with Crippen LogP contribution >= 0.6 is 23.8 Å². The largest absolute Gasteiger partial charge is 0.497 e. The van der Waals surface area contributed by atoms with Crippen LogP contribution in [0.4, 0.5) is 0 Å². The monoisotopic (exact) mass is 381 g/mol. The van der Waals surface area contributed by atoms with E-state index in [-0.39, 0.29) is 21.7 Å². The smallest absolute Gasteiger partial charge is 0.182 e. The van der Waals surface area contributed by atoms with Gasteiger partial charge < -0.3 is 10.5 Å². The van der Waals surface area contributed by atoms with Crippen molar-refractivity contribution in [2.45, 2.75) is 16.1 Å². The fourth-order valence-electron chi connectivity index (χ4n) is 3.01. The molecule has 2 N–H and O–H groups in total. The quantitative estimate of drug-likeness (QED) is 0.805. The molecule has 4 nitrogen and oxygen atoms in total. The van der Waals surface area contributed by atoms with Gasteiger partial charge in [0.05, 0.1) is 22.2 Å². The number of ether oxygens (including phenoxy) is 1. The van der Waals surface area contributed by atoms with E-state index in [0.717, 1.165) is 5.56 Å². The third-order valence-corrected chi connectivity index (χ3v) is 7.04. The summed E-state index contributed by atoms with van der Waals surface area (Å²) in [5.74, 6) is 0.103. The molecule has 2 aromatic carbocycles. The van der Waals surface area contributed by atoms with Crippen LogP contribution in [-0.2, 0) is 9.84 Å². The third kappa shape index (κ3) is 3.01. The number of rotatable bonds is 5. The molecule has 3 atom stereocenters. The molecule has 0 bridgehead atoms. The number of methoxy groups -OCH3 is 1. The van der Waals surface area contributed by atoms with Gasteiger partial charge in [0.15, 0.2) is 9.84 Å². The molecule has 0 saturated heterocycles. The molecule has 126 valence electrons. The molecule has 1 saturated carbocycles. The minimum atomic E-state index is -3.55. The summed E-state index contributed by atoms with van der Waals surface area (Å²) in [6.45, 7) is 0. The summed E-state index contributed by atoms with van der Waals surface area (Å²) < 4.78 is 31.0. The van der Waals surface area contributed by atoms with Crippen molar-refractivity contribution in [3.8, 4) is 5.75 Å². The van der Waals surface area contributed by atoms with E-state index in [4.69, 9.17) is 34.3 Å². The maximum absolute atomic E-state index is 12.9. The average Bonchev–Trinajstić information content (AvgIpc) is 3.32. The first-order valence-electron chi connectivity index (χ1n) is 7.29. The lowest BCUT2D eigenvalue weighted by Crippen LogP contribution is -2.17. The predicted octanol–water partition coefficient (Wildman–Crippen LogP) is 3.19. The second-order valence-electron chi connectivity index (χ2n) is 5.69. The van der Waals surface area contributed by atoms with E-state index in [0.29, 0.717) is 10.8 Å². The molecule has 7 heteroatoms. The lowest BCUT2D eigenvalue weighted by Gasteiger charge is -2.05. The lowest BCUT2D eigenvalue weighted by molar-refractivity contribution is 0.414. The number of halogens is 1. The van der Waals surface area contributed by atoms with Gasteiger partial charge in [-0.05, 0) is 42.0 Å². The van der Waals surface area contributed by atoms with Gasteiger partial charge in [-0.25, -0.2) is 8.42 Å². The van der Waals surface area contributed by atoms with Gasteiger partial charge in [0.1, 0.15) is 5.75 Å². The average molecular weight is 382 g/mol. The Labute approximate surface area is 151 Å². The van der Waals surface area contributed by atoms with Crippen molar-refractivity contribution in [3.05, 3.63) is 59.1 Å². The molecule has 0 spiro atoms. The standard InChI is InChI=1S/C17H16ClNO3S2/c1-22-12-6-2-10(3-7-12)14-15(17(19)23)16(14)24(20,21)13-8-4-11(18)5-9-13/h2-9,14-16H,1H3,(H2,19,23)/t14-,15+,16-/m1/s1. The molecular formula is C17H16ClNO3S2. The molecule has 3 rings (SSSR count). The van der Waals surface area contributed by atoms with E-state index in [1.165, 1.54) is 12.1 Å². The SMILES string of the molecule is COc1ccc([C@@H]2[C@H](C(N)=S)[C@@H]2S(=O)(=O)c2ccc(Cl)cc2)cc1. The second-order valence-corrected chi connectivity index (χ2v) is 8.70. The summed E-state index contributed by atoms with van der Waals surface area (Å²) in [5.41, 5.74) is 6.68. The zero-order valence-electron chi connectivity index (χ0n) is 12.8. The van der Waals surface area contributed by atoms with E-state index in [2.05, 4.69) is 0 Å². The zero-order valence-corrected chi connectivity index (χ0v) is 15.2. The fourth-order valence-corrected chi connectivity index (χ4v) is 5.67. The Morgan fingerprint density at radius 1 is 1.12 bits per heavy atom. The normalized spacial score (nSPS) is 22.8. The molecule has 1 aliphatic rings. The van der Waals surface area contributed by atoms with Crippen LogP contribution in [-0.4, -0.2) is 25.8 Å². The van der Waals surface area contributed by atoms with Crippen LogP contribution in [0.3, 0.4) is 0 Å². The van der Waals surface area contributed by atoms with Crippen LogP contribution in [0.1, 0.15) is 11.5 Å². The van der Waals surface area contributed by atoms with Crippen molar-refractivity contribution in [3.63, 3.8) is 0 Å². The number of thiocarbonyl (C=S) groups is 1. The van der Waals surface area contributed by atoms with E-state index in [1.54, 1.807) is 31.4 Å². The molecule has 0 heterocycles. The van der Waals surface area contributed by atoms with E-state index < -0.39 is 15.1 Å². The van der Waals surface area contributed by atoms with Gasteiger partial charge in [0.25, 0.3) is 0 Å². The van der Waals surface area contributed by atoms with Gasteiger partial charge in [-0.1, -0.05) is 36.0 Å². The molecule has 0 aromatic heterocycles. The Hall–Kier alpha value is -1.63. The molecule has 0 amide bonds. The van der Waals surface area contributed by atoms with E-state index in [9.17, 15) is 8.42 Å². The topological polar surface area (TPSA) is 69.4 Å². The minimum absolute atomic E-state index is 0.221. The molecule has 0 aliphatic heterocycles. The summed E-state index contributed by atoms with van der Waals surface area (Å²) >= 11 is 10.9. The third-order valence-electron chi connectivity index (χ3n) is 4.28. The molecular weight excluding hydrogens is 366 g/mol. The number of sulfone groups is 1. The second kappa shape index (κ2) is 6.35. The minimum Gasteiger partial charge on any atom is -0.497 e. The molecule has 1 aliphatic carbocycles. The Balaban J connectivity index is 1.96. The fraction of sp³-hybridized carbons (Fsp3) is 0.235. The maximum atomic E-state index is 12.9. The van der Waals surface area contributed by atoms with Crippen LogP contribution in [0.2, 0.25) is 5.02 Å². The van der Waals surface area contributed by atoms with Gasteiger partial charge in [0.2, 0.25) is 0 Å². The zero-order chi connectivity index (χ0) is 17.5. The van der Waals surface area contributed by atoms with Gasteiger partial charge in [-0.3, -0.25) is 0 Å². The van der Waals surface area contributed by atoms with Crippen LogP contribution in [0, 0.1) is 5.92 Å². The summed E-state index contributed by atoms with van der Waals surface area (Å²) in [7, 11) is -1.97. The first kappa shape index (κ1) is 17.2. The molecule has 2 aromatic rings. The predicted molar refractivity (Wildman–Crippen MR) is 98.4 cm³/mol. The van der Waals surface area contributed by atoms with Crippen molar-refractivity contribution >= 4 is 38.6 Å².